The summed E-state index contributed by atoms with van der Waals surface area (Å²) in [5.41, 5.74) is 15.5. The molecule has 2 aliphatic carbocycles. The van der Waals surface area contributed by atoms with E-state index < -0.39 is 0 Å². The molecule has 0 saturated carbocycles. The van der Waals surface area contributed by atoms with E-state index in [4.69, 9.17) is 0 Å². The maximum atomic E-state index is 2.46. The molecule has 0 amide bonds. The van der Waals surface area contributed by atoms with Crippen LogP contribution >= 0.6 is 11.3 Å². The average molecular weight is 675 g/mol. The van der Waals surface area contributed by atoms with Gasteiger partial charge in [0, 0.05) is 20.2 Å². The number of thiophene rings is 1. The third kappa shape index (κ3) is 3.71. The summed E-state index contributed by atoms with van der Waals surface area (Å²) in [4.78, 5) is 0. The molecule has 10 aromatic rings. The molecule has 2 aliphatic rings. The van der Waals surface area contributed by atoms with Gasteiger partial charge in [0.15, 0.2) is 0 Å². The molecule has 0 bridgehead atoms. The lowest BCUT2D eigenvalue weighted by Crippen LogP contribution is -2.26. The topological polar surface area (TPSA) is 0 Å². The van der Waals surface area contributed by atoms with Crippen LogP contribution < -0.4 is 0 Å². The number of fused-ring (bicyclic) bond motifs is 16. The smallest absolute Gasteiger partial charge is 0.0731 e. The Morgan fingerprint density at radius 1 is 0.308 bits per heavy atom. The molecule has 1 spiro atoms. The minimum atomic E-state index is -0.365. The van der Waals surface area contributed by atoms with E-state index in [1.54, 1.807) is 0 Å². The highest BCUT2D eigenvalue weighted by atomic mass is 32.1. The van der Waals surface area contributed by atoms with Crippen molar-refractivity contribution in [2.75, 3.05) is 0 Å². The first kappa shape index (κ1) is 28.4. The van der Waals surface area contributed by atoms with Crippen LogP contribution in [0.5, 0.6) is 0 Å². The van der Waals surface area contributed by atoms with Gasteiger partial charge in [0.05, 0.1) is 5.41 Å². The molecule has 0 radical (unpaired) electrons. The van der Waals surface area contributed by atoms with Crippen molar-refractivity contribution in [2.45, 2.75) is 5.41 Å². The summed E-state index contributed by atoms with van der Waals surface area (Å²) >= 11 is 1.88. The number of hydrogen-bond donors (Lipinski definition) is 0. The van der Waals surface area contributed by atoms with Gasteiger partial charge in [-0.1, -0.05) is 152 Å². The van der Waals surface area contributed by atoms with Crippen LogP contribution in [-0.4, -0.2) is 0 Å². The SMILES string of the molecule is c1ccc2c(c1)-c1ccccc1C21c2ccccc2-c2ccc3ccc(-c4ccc5cc(-c6ccc7c(c6)sc6ccccc67)ccc5c4)cc3c21. The molecule has 1 heterocycles. The minimum Gasteiger partial charge on any atom is -0.135 e. The first-order chi connectivity index (χ1) is 25.8. The molecule has 0 aliphatic heterocycles. The Kier molecular flexibility index (Phi) is 5.68. The molecule has 0 saturated heterocycles. The zero-order chi connectivity index (χ0) is 34.0. The van der Waals surface area contributed by atoms with Crippen LogP contribution in [0, 0.1) is 0 Å². The van der Waals surface area contributed by atoms with Crippen molar-refractivity contribution in [1.82, 2.24) is 0 Å². The molecule has 12 rings (SSSR count). The van der Waals surface area contributed by atoms with Gasteiger partial charge in [-0.2, -0.15) is 0 Å². The van der Waals surface area contributed by atoms with Crippen LogP contribution in [0.25, 0.3) is 86.2 Å². The van der Waals surface area contributed by atoms with Crippen LogP contribution in [0.15, 0.2) is 182 Å². The van der Waals surface area contributed by atoms with Gasteiger partial charge >= 0.3 is 0 Å². The van der Waals surface area contributed by atoms with Crippen LogP contribution in [-0.2, 0) is 5.41 Å². The fourth-order valence-electron chi connectivity index (χ4n) is 9.61. The van der Waals surface area contributed by atoms with Crippen molar-refractivity contribution >= 4 is 53.1 Å². The standard InChI is InChI=1S/C51H30S/c1-5-13-45-38(9-1)39-10-2-6-14-46(39)51(45)47-15-7-3-11-40(47)43-26-23-31-17-18-36(29-44(31)50(43)51)34-21-19-33-28-35(22-20-32(33)27-34)37-24-25-42-41-12-4-8-16-48(41)52-49(42)30-37/h1-30H. The van der Waals surface area contributed by atoms with Crippen molar-refractivity contribution in [3.63, 3.8) is 0 Å². The van der Waals surface area contributed by atoms with E-state index >= 15 is 0 Å². The molecule has 0 unspecified atom stereocenters. The van der Waals surface area contributed by atoms with Gasteiger partial charge in [0.1, 0.15) is 0 Å². The monoisotopic (exact) mass is 674 g/mol. The zero-order valence-electron chi connectivity index (χ0n) is 28.2. The predicted molar refractivity (Wildman–Crippen MR) is 222 cm³/mol. The van der Waals surface area contributed by atoms with E-state index in [1.165, 1.54) is 108 Å². The third-order valence-corrected chi connectivity index (χ3v) is 13.0. The predicted octanol–water partition coefficient (Wildman–Crippen LogP) is 14.0. The van der Waals surface area contributed by atoms with Crippen molar-refractivity contribution in [2.24, 2.45) is 0 Å². The Bertz CT molecular complexity index is 3080. The Morgan fingerprint density at radius 3 is 1.46 bits per heavy atom. The summed E-state index contributed by atoms with van der Waals surface area (Å²) in [7, 11) is 0. The maximum absolute atomic E-state index is 2.46. The van der Waals surface area contributed by atoms with Gasteiger partial charge in [0.25, 0.3) is 0 Å². The van der Waals surface area contributed by atoms with E-state index in [0.717, 1.165) is 0 Å². The molecule has 9 aromatic carbocycles. The maximum Gasteiger partial charge on any atom is 0.0731 e. The summed E-state index contributed by atoms with van der Waals surface area (Å²) in [6.45, 7) is 0. The van der Waals surface area contributed by atoms with Crippen molar-refractivity contribution in [3.8, 4) is 44.5 Å². The highest BCUT2D eigenvalue weighted by molar-refractivity contribution is 7.25. The van der Waals surface area contributed by atoms with Crippen LogP contribution in [0.3, 0.4) is 0 Å². The van der Waals surface area contributed by atoms with E-state index in [-0.39, 0.29) is 5.41 Å². The van der Waals surface area contributed by atoms with Gasteiger partial charge in [0.2, 0.25) is 0 Å². The highest BCUT2D eigenvalue weighted by Gasteiger charge is 2.52. The first-order valence-corrected chi connectivity index (χ1v) is 18.9. The molecule has 0 nitrogen and oxygen atoms in total. The van der Waals surface area contributed by atoms with Crippen LogP contribution in [0.1, 0.15) is 22.3 Å². The van der Waals surface area contributed by atoms with Gasteiger partial charge in [-0.3, -0.25) is 0 Å². The summed E-state index contributed by atoms with van der Waals surface area (Å²) in [5.74, 6) is 0. The van der Waals surface area contributed by atoms with E-state index in [9.17, 15) is 0 Å². The largest absolute Gasteiger partial charge is 0.135 e. The molecule has 240 valence electrons. The molecule has 0 N–H and O–H groups in total. The van der Waals surface area contributed by atoms with Crippen LogP contribution in [0.2, 0.25) is 0 Å². The number of rotatable bonds is 2. The average Bonchev–Trinajstić information content (AvgIpc) is 3.84. The third-order valence-electron chi connectivity index (χ3n) is 11.9. The highest BCUT2D eigenvalue weighted by Crippen LogP contribution is 2.64. The molecular weight excluding hydrogens is 645 g/mol. The Hall–Kier alpha value is -6.28. The molecular formula is C51H30S. The second-order valence-corrected chi connectivity index (χ2v) is 15.5. The van der Waals surface area contributed by atoms with Crippen molar-refractivity contribution in [1.29, 1.82) is 0 Å². The fraction of sp³-hybridized carbons (Fsp3) is 0.0196. The van der Waals surface area contributed by atoms with E-state index in [2.05, 4.69) is 182 Å². The quantitative estimate of drug-likeness (QED) is 0.171. The lowest BCUT2D eigenvalue weighted by atomic mass is 9.69. The Morgan fingerprint density at radius 2 is 0.788 bits per heavy atom. The Balaban J connectivity index is 1.02. The second kappa shape index (κ2) is 10.4. The van der Waals surface area contributed by atoms with Gasteiger partial charge in [-0.15, -0.1) is 11.3 Å². The lowest BCUT2D eigenvalue weighted by molar-refractivity contribution is 0.801. The molecule has 0 fully saturated rings. The second-order valence-electron chi connectivity index (χ2n) is 14.4. The van der Waals surface area contributed by atoms with E-state index in [0.29, 0.717) is 0 Å². The van der Waals surface area contributed by atoms with Gasteiger partial charge in [-0.25, -0.2) is 0 Å². The molecule has 1 heteroatoms. The van der Waals surface area contributed by atoms with Gasteiger partial charge < -0.3 is 0 Å². The van der Waals surface area contributed by atoms with Crippen molar-refractivity contribution < 1.29 is 0 Å². The lowest BCUT2D eigenvalue weighted by Gasteiger charge is -2.31. The van der Waals surface area contributed by atoms with Crippen LogP contribution in [0.4, 0.5) is 0 Å². The normalized spacial score (nSPS) is 13.5. The summed E-state index contributed by atoms with van der Waals surface area (Å²) in [6.07, 6.45) is 0. The van der Waals surface area contributed by atoms with E-state index in [1.807, 2.05) is 11.3 Å². The summed E-state index contributed by atoms with van der Waals surface area (Å²) in [6, 6.07) is 68.5. The number of benzene rings is 9. The summed E-state index contributed by atoms with van der Waals surface area (Å²) in [5, 5.41) is 7.80. The Labute approximate surface area is 305 Å². The number of hydrogen-bond acceptors (Lipinski definition) is 1. The molecule has 52 heavy (non-hydrogen) atoms. The fourth-order valence-corrected chi connectivity index (χ4v) is 10.8. The minimum absolute atomic E-state index is 0.365. The van der Waals surface area contributed by atoms with Gasteiger partial charge in [-0.05, 0) is 119 Å². The first-order valence-electron chi connectivity index (χ1n) is 18.1. The zero-order valence-corrected chi connectivity index (χ0v) is 29.0. The molecule has 0 atom stereocenters. The summed E-state index contributed by atoms with van der Waals surface area (Å²) < 4.78 is 2.68. The molecule has 1 aromatic heterocycles. The van der Waals surface area contributed by atoms with Crippen molar-refractivity contribution in [3.05, 3.63) is 204 Å².